The third kappa shape index (κ3) is 3.85. The summed E-state index contributed by atoms with van der Waals surface area (Å²) in [7, 11) is 0. The Morgan fingerprint density at radius 2 is 1.71 bits per heavy atom. The second kappa shape index (κ2) is 8.02. The SMILES string of the molecule is Cc1cc(OC2CCCN(C(=O)C3c4ccccc4Oc4ccccc43)C2)nc(C)n1. The van der Waals surface area contributed by atoms with E-state index in [4.69, 9.17) is 9.47 Å². The summed E-state index contributed by atoms with van der Waals surface area (Å²) in [5, 5.41) is 0. The van der Waals surface area contributed by atoms with Crippen LogP contribution in [0.4, 0.5) is 0 Å². The number of aryl methyl sites for hydroxylation is 2. The smallest absolute Gasteiger partial charge is 0.234 e. The number of hydrogen-bond acceptors (Lipinski definition) is 5. The highest BCUT2D eigenvalue weighted by Gasteiger charge is 2.37. The Labute approximate surface area is 181 Å². The Bertz CT molecular complexity index is 1060. The molecular weight excluding hydrogens is 390 g/mol. The predicted octanol–water partition coefficient (Wildman–Crippen LogP) is 4.40. The lowest BCUT2D eigenvalue weighted by Gasteiger charge is -2.36. The highest BCUT2D eigenvalue weighted by atomic mass is 16.5. The van der Waals surface area contributed by atoms with E-state index in [2.05, 4.69) is 9.97 Å². The Morgan fingerprint density at radius 3 is 2.39 bits per heavy atom. The lowest BCUT2D eigenvalue weighted by Crippen LogP contribution is -2.46. The van der Waals surface area contributed by atoms with E-state index in [0.717, 1.165) is 47.7 Å². The van der Waals surface area contributed by atoms with Crippen LogP contribution >= 0.6 is 0 Å². The molecule has 0 saturated carbocycles. The van der Waals surface area contributed by atoms with Crippen molar-refractivity contribution in [1.29, 1.82) is 0 Å². The molecule has 0 bridgehead atoms. The molecule has 1 saturated heterocycles. The van der Waals surface area contributed by atoms with Crippen LogP contribution in [-0.2, 0) is 4.79 Å². The van der Waals surface area contributed by atoms with Crippen LogP contribution in [0, 0.1) is 13.8 Å². The van der Waals surface area contributed by atoms with Crippen LogP contribution in [0.3, 0.4) is 0 Å². The van der Waals surface area contributed by atoms with Gasteiger partial charge in [0.25, 0.3) is 0 Å². The van der Waals surface area contributed by atoms with Gasteiger partial charge < -0.3 is 14.4 Å². The number of hydrogen-bond donors (Lipinski definition) is 0. The van der Waals surface area contributed by atoms with E-state index >= 15 is 0 Å². The van der Waals surface area contributed by atoms with E-state index in [-0.39, 0.29) is 17.9 Å². The summed E-state index contributed by atoms with van der Waals surface area (Å²) < 4.78 is 12.2. The van der Waals surface area contributed by atoms with Crippen molar-refractivity contribution in [3.63, 3.8) is 0 Å². The van der Waals surface area contributed by atoms with Crippen molar-refractivity contribution in [3.05, 3.63) is 77.2 Å². The molecule has 31 heavy (non-hydrogen) atoms. The zero-order valence-corrected chi connectivity index (χ0v) is 17.7. The van der Waals surface area contributed by atoms with Crippen molar-refractivity contribution in [2.75, 3.05) is 13.1 Å². The number of likely N-dealkylation sites (tertiary alicyclic amines) is 1. The minimum absolute atomic E-state index is 0.0864. The molecule has 0 radical (unpaired) electrons. The second-order valence-corrected chi connectivity index (χ2v) is 8.17. The van der Waals surface area contributed by atoms with Crippen LogP contribution in [0.25, 0.3) is 0 Å². The minimum Gasteiger partial charge on any atom is -0.472 e. The predicted molar refractivity (Wildman–Crippen MR) is 117 cm³/mol. The molecule has 1 atom stereocenters. The topological polar surface area (TPSA) is 64.5 Å². The second-order valence-electron chi connectivity index (χ2n) is 8.17. The molecule has 0 aliphatic carbocycles. The molecule has 1 unspecified atom stereocenters. The molecule has 3 heterocycles. The highest BCUT2D eigenvalue weighted by molar-refractivity contribution is 5.89. The number of benzene rings is 2. The molecule has 6 nitrogen and oxygen atoms in total. The van der Waals surface area contributed by atoms with Gasteiger partial charge in [-0.1, -0.05) is 36.4 Å². The molecule has 1 fully saturated rings. The van der Waals surface area contributed by atoms with E-state index in [1.807, 2.05) is 73.3 Å². The van der Waals surface area contributed by atoms with E-state index in [1.165, 1.54) is 0 Å². The number of rotatable bonds is 3. The summed E-state index contributed by atoms with van der Waals surface area (Å²) in [6, 6.07) is 17.4. The fraction of sp³-hybridized carbons (Fsp3) is 0.320. The van der Waals surface area contributed by atoms with Crippen molar-refractivity contribution in [1.82, 2.24) is 14.9 Å². The Balaban J connectivity index is 1.40. The molecule has 6 heteroatoms. The van der Waals surface area contributed by atoms with Crippen LogP contribution < -0.4 is 9.47 Å². The molecule has 0 spiro atoms. The molecule has 0 N–H and O–H groups in total. The van der Waals surface area contributed by atoms with E-state index in [9.17, 15) is 4.79 Å². The molecule has 2 aromatic carbocycles. The number of amides is 1. The van der Waals surface area contributed by atoms with Crippen molar-refractivity contribution in [2.24, 2.45) is 0 Å². The average molecular weight is 415 g/mol. The molecule has 3 aromatic rings. The van der Waals surface area contributed by atoms with Crippen LogP contribution in [0.2, 0.25) is 0 Å². The molecule has 5 rings (SSSR count). The monoisotopic (exact) mass is 415 g/mol. The summed E-state index contributed by atoms with van der Waals surface area (Å²) in [6.07, 6.45) is 1.70. The number of aromatic nitrogens is 2. The summed E-state index contributed by atoms with van der Waals surface area (Å²) in [5.74, 6) is 2.47. The molecule has 1 amide bonds. The first kappa shape index (κ1) is 19.5. The first-order chi connectivity index (χ1) is 15.1. The summed E-state index contributed by atoms with van der Waals surface area (Å²) in [6.45, 7) is 5.06. The Kier molecular flexibility index (Phi) is 5.06. The molecule has 1 aromatic heterocycles. The Hall–Kier alpha value is -3.41. The summed E-state index contributed by atoms with van der Waals surface area (Å²) in [4.78, 5) is 24.4. The largest absolute Gasteiger partial charge is 0.472 e. The third-order valence-corrected chi connectivity index (χ3v) is 5.85. The van der Waals surface area contributed by atoms with Gasteiger partial charge in [-0.2, -0.15) is 4.98 Å². The van der Waals surface area contributed by atoms with Gasteiger partial charge in [0.1, 0.15) is 23.4 Å². The number of para-hydroxylation sites is 2. The van der Waals surface area contributed by atoms with E-state index < -0.39 is 0 Å². The normalized spacial score (nSPS) is 18.0. The maximum atomic E-state index is 13.8. The first-order valence-corrected chi connectivity index (χ1v) is 10.7. The highest BCUT2D eigenvalue weighted by Crippen LogP contribution is 2.44. The number of carbonyl (C=O) groups excluding carboxylic acids is 1. The summed E-state index contributed by atoms with van der Waals surface area (Å²) in [5.41, 5.74) is 2.70. The standard InChI is InChI=1S/C25H25N3O3/c1-16-14-23(27-17(2)26-16)30-18-8-7-13-28(15-18)25(29)24-19-9-3-5-11-21(19)31-22-12-6-4-10-20(22)24/h3-6,9-12,14,18,24H,7-8,13,15H2,1-2H3. The number of nitrogens with zero attached hydrogens (tertiary/aromatic N) is 3. The number of piperidine rings is 1. The lowest BCUT2D eigenvalue weighted by atomic mass is 9.86. The minimum atomic E-state index is -0.372. The zero-order chi connectivity index (χ0) is 21.4. The average Bonchev–Trinajstić information content (AvgIpc) is 2.76. The molecule has 158 valence electrons. The van der Waals surface area contributed by atoms with Crippen molar-refractivity contribution in [2.45, 2.75) is 38.7 Å². The maximum Gasteiger partial charge on any atom is 0.234 e. The third-order valence-electron chi connectivity index (χ3n) is 5.85. The van der Waals surface area contributed by atoms with Crippen LogP contribution in [-0.4, -0.2) is 40.0 Å². The van der Waals surface area contributed by atoms with Gasteiger partial charge in [0, 0.05) is 29.4 Å². The first-order valence-electron chi connectivity index (χ1n) is 10.7. The molecule has 2 aliphatic heterocycles. The van der Waals surface area contributed by atoms with Gasteiger partial charge >= 0.3 is 0 Å². The van der Waals surface area contributed by atoms with Crippen LogP contribution in [0.5, 0.6) is 17.4 Å². The quantitative estimate of drug-likeness (QED) is 0.634. The van der Waals surface area contributed by atoms with Gasteiger partial charge in [-0.25, -0.2) is 4.98 Å². The van der Waals surface area contributed by atoms with Crippen molar-refractivity contribution >= 4 is 5.91 Å². The van der Waals surface area contributed by atoms with E-state index in [0.29, 0.717) is 18.2 Å². The fourth-order valence-electron chi connectivity index (χ4n) is 4.51. The van der Waals surface area contributed by atoms with Gasteiger partial charge in [0.2, 0.25) is 11.8 Å². The van der Waals surface area contributed by atoms with Gasteiger partial charge in [0.05, 0.1) is 12.5 Å². The summed E-state index contributed by atoms with van der Waals surface area (Å²) >= 11 is 0. The van der Waals surface area contributed by atoms with Gasteiger partial charge in [-0.05, 0) is 38.8 Å². The maximum absolute atomic E-state index is 13.8. The van der Waals surface area contributed by atoms with Crippen LogP contribution in [0.15, 0.2) is 54.6 Å². The molecule has 2 aliphatic rings. The zero-order valence-electron chi connectivity index (χ0n) is 17.7. The lowest BCUT2D eigenvalue weighted by molar-refractivity contribution is -0.134. The molecular formula is C25H25N3O3. The van der Waals surface area contributed by atoms with Crippen LogP contribution in [0.1, 0.15) is 41.4 Å². The number of ether oxygens (including phenoxy) is 2. The van der Waals surface area contributed by atoms with Gasteiger partial charge in [0.15, 0.2) is 0 Å². The van der Waals surface area contributed by atoms with Crippen molar-refractivity contribution in [3.8, 4) is 17.4 Å². The van der Waals surface area contributed by atoms with E-state index in [1.54, 1.807) is 0 Å². The fourth-order valence-corrected chi connectivity index (χ4v) is 4.51. The number of carbonyl (C=O) groups is 1. The van der Waals surface area contributed by atoms with Crippen molar-refractivity contribution < 1.29 is 14.3 Å². The Morgan fingerprint density at radius 1 is 1.03 bits per heavy atom. The number of fused-ring (bicyclic) bond motifs is 2. The van der Waals surface area contributed by atoms with Gasteiger partial charge in [-0.15, -0.1) is 0 Å². The van der Waals surface area contributed by atoms with Gasteiger partial charge in [-0.3, -0.25) is 4.79 Å².